The van der Waals surface area contributed by atoms with Crippen LogP contribution in [-0.2, 0) is 0 Å². The van der Waals surface area contributed by atoms with E-state index in [0.717, 1.165) is 5.56 Å². The molecule has 1 unspecified atom stereocenters. The van der Waals surface area contributed by atoms with E-state index in [1.54, 1.807) is 6.20 Å². The van der Waals surface area contributed by atoms with Gasteiger partial charge in [-0.2, -0.15) is 5.26 Å². The van der Waals surface area contributed by atoms with Gasteiger partial charge >= 0.3 is 0 Å². The normalized spacial score (nSPS) is 11.8. The summed E-state index contributed by atoms with van der Waals surface area (Å²) in [5, 5.41) is 9.99. The van der Waals surface area contributed by atoms with Crippen LogP contribution in [0.4, 0.5) is 11.6 Å². The molecule has 2 rings (SSSR count). The zero-order chi connectivity index (χ0) is 16.3. The molecular weight excluding hydrogens is 320 g/mol. The van der Waals surface area contributed by atoms with Crippen molar-refractivity contribution in [3.8, 4) is 6.07 Å². The highest BCUT2D eigenvalue weighted by molar-refractivity contribution is 7.98. The zero-order valence-corrected chi connectivity index (χ0v) is 14.0. The van der Waals surface area contributed by atoms with Gasteiger partial charge in [-0.25, -0.2) is 15.0 Å². The molecule has 22 heavy (non-hydrogen) atoms. The Balaban J connectivity index is 2.49. The van der Waals surface area contributed by atoms with Crippen molar-refractivity contribution < 1.29 is 0 Å². The van der Waals surface area contributed by atoms with Crippen molar-refractivity contribution in [3.05, 3.63) is 34.6 Å². The van der Waals surface area contributed by atoms with E-state index < -0.39 is 0 Å². The van der Waals surface area contributed by atoms with Crippen LogP contribution >= 0.6 is 23.4 Å². The van der Waals surface area contributed by atoms with Gasteiger partial charge in [0.1, 0.15) is 17.5 Å². The lowest BCUT2D eigenvalue weighted by Crippen LogP contribution is -2.25. The van der Waals surface area contributed by atoms with Crippen LogP contribution in [0, 0.1) is 11.3 Å². The van der Waals surface area contributed by atoms with Gasteiger partial charge in [0.2, 0.25) is 0 Å². The molecule has 0 saturated heterocycles. The second-order valence-corrected chi connectivity index (χ2v) is 5.71. The van der Waals surface area contributed by atoms with Gasteiger partial charge in [0.05, 0.1) is 6.04 Å². The number of anilines is 2. The first-order chi connectivity index (χ1) is 10.5. The van der Waals surface area contributed by atoms with E-state index in [1.807, 2.05) is 37.3 Å². The molecule has 6 nitrogen and oxygen atoms in total. The molecule has 1 atom stereocenters. The van der Waals surface area contributed by atoms with Crippen LogP contribution in [-0.4, -0.2) is 28.3 Å². The summed E-state index contributed by atoms with van der Waals surface area (Å²) in [6.07, 6.45) is 3.49. The fourth-order valence-electron chi connectivity index (χ4n) is 2.02. The third-order valence-electron chi connectivity index (χ3n) is 3.36. The van der Waals surface area contributed by atoms with Gasteiger partial charge in [-0.1, -0.05) is 29.4 Å². The van der Waals surface area contributed by atoms with Crippen molar-refractivity contribution in [2.45, 2.75) is 18.1 Å². The largest absolute Gasteiger partial charge is 0.383 e. The zero-order valence-electron chi connectivity index (χ0n) is 12.4. The van der Waals surface area contributed by atoms with Crippen LogP contribution in [0.2, 0.25) is 5.15 Å². The van der Waals surface area contributed by atoms with E-state index in [9.17, 15) is 5.26 Å². The summed E-state index contributed by atoms with van der Waals surface area (Å²) in [4.78, 5) is 14.4. The number of hydrogen-bond donors (Lipinski definition) is 1. The topological polar surface area (TPSA) is 91.7 Å². The molecule has 0 saturated carbocycles. The molecular formula is C14H15ClN6S. The first-order valence-electron chi connectivity index (χ1n) is 6.44. The average molecular weight is 335 g/mol. The highest BCUT2D eigenvalue weighted by Crippen LogP contribution is 2.32. The van der Waals surface area contributed by atoms with Gasteiger partial charge in [-0.3, -0.25) is 0 Å². The highest BCUT2D eigenvalue weighted by Gasteiger charge is 2.22. The molecule has 0 aliphatic carbocycles. The minimum atomic E-state index is -0.124. The molecule has 2 heterocycles. The Labute approximate surface area is 138 Å². The van der Waals surface area contributed by atoms with Crippen molar-refractivity contribution in [1.82, 2.24) is 15.0 Å². The van der Waals surface area contributed by atoms with Crippen molar-refractivity contribution in [3.63, 3.8) is 0 Å². The molecule has 0 fully saturated rings. The second-order valence-electron chi connectivity index (χ2n) is 4.58. The van der Waals surface area contributed by atoms with Crippen molar-refractivity contribution >= 4 is 35.0 Å². The lowest BCUT2D eigenvalue weighted by atomic mass is 10.1. The number of aromatic nitrogens is 3. The maximum absolute atomic E-state index is 9.33. The van der Waals surface area contributed by atoms with E-state index in [4.69, 9.17) is 17.3 Å². The molecule has 8 heteroatoms. The second kappa shape index (κ2) is 6.81. The smallest absolute Gasteiger partial charge is 0.190 e. The summed E-state index contributed by atoms with van der Waals surface area (Å²) in [6, 6.07) is 5.66. The third kappa shape index (κ3) is 3.08. The van der Waals surface area contributed by atoms with E-state index in [2.05, 4.69) is 21.0 Å². The number of halogens is 1. The van der Waals surface area contributed by atoms with Crippen LogP contribution in [0.15, 0.2) is 23.5 Å². The fraction of sp³-hybridized carbons (Fsp3) is 0.286. The number of hydrogen-bond acceptors (Lipinski definition) is 7. The maximum atomic E-state index is 9.33. The number of nitriles is 1. The van der Waals surface area contributed by atoms with Crippen LogP contribution in [0.3, 0.4) is 0 Å². The Bertz CT molecular complexity index is 730. The van der Waals surface area contributed by atoms with Crippen molar-refractivity contribution in [2.24, 2.45) is 0 Å². The molecule has 0 aliphatic rings. The maximum Gasteiger partial charge on any atom is 0.190 e. The molecule has 2 N–H and O–H groups in total. The molecule has 0 bridgehead atoms. The predicted molar refractivity (Wildman–Crippen MR) is 89.0 cm³/mol. The first-order valence-corrected chi connectivity index (χ1v) is 8.04. The molecule has 114 valence electrons. The SMILES string of the molecule is CSc1nc(Cl)c(C#N)c(N(C)C(C)c2cccnc2N)n1. The van der Waals surface area contributed by atoms with E-state index in [-0.39, 0.29) is 16.8 Å². The van der Waals surface area contributed by atoms with E-state index in [1.165, 1.54) is 11.8 Å². The van der Waals surface area contributed by atoms with Crippen LogP contribution in [0.5, 0.6) is 0 Å². The first kappa shape index (κ1) is 16.3. The van der Waals surface area contributed by atoms with E-state index in [0.29, 0.717) is 16.8 Å². The van der Waals surface area contributed by atoms with Gasteiger partial charge in [-0.05, 0) is 19.2 Å². The third-order valence-corrected chi connectivity index (χ3v) is 4.18. The lowest BCUT2D eigenvalue weighted by molar-refractivity contribution is 0.717. The van der Waals surface area contributed by atoms with Gasteiger partial charge in [0.25, 0.3) is 0 Å². The molecule has 2 aromatic heterocycles. The summed E-state index contributed by atoms with van der Waals surface area (Å²) in [7, 11) is 1.83. The van der Waals surface area contributed by atoms with Crippen LogP contribution in [0.1, 0.15) is 24.1 Å². The van der Waals surface area contributed by atoms with Crippen molar-refractivity contribution in [2.75, 3.05) is 23.9 Å². The summed E-state index contributed by atoms with van der Waals surface area (Å²) in [6.45, 7) is 1.96. The summed E-state index contributed by atoms with van der Waals surface area (Å²) < 4.78 is 0. The van der Waals surface area contributed by atoms with Crippen molar-refractivity contribution in [1.29, 1.82) is 5.26 Å². The Morgan fingerprint density at radius 2 is 2.18 bits per heavy atom. The molecule has 0 radical (unpaired) electrons. The van der Waals surface area contributed by atoms with Gasteiger partial charge in [0, 0.05) is 18.8 Å². The molecule has 0 spiro atoms. The Hall–Kier alpha value is -2.04. The molecule has 0 amide bonds. The van der Waals surface area contributed by atoms with E-state index >= 15 is 0 Å². The van der Waals surface area contributed by atoms with Crippen LogP contribution < -0.4 is 10.6 Å². The summed E-state index contributed by atoms with van der Waals surface area (Å²) >= 11 is 7.45. The number of nitrogen functional groups attached to an aromatic ring is 1. The Morgan fingerprint density at radius 1 is 1.45 bits per heavy atom. The minimum absolute atomic E-state index is 0.124. The fourth-order valence-corrected chi connectivity index (χ4v) is 2.64. The number of pyridine rings is 1. The number of nitrogens with two attached hydrogens (primary N) is 1. The van der Waals surface area contributed by atoms with Gasteiger partial charge in [0.15, 0.2) is 16.1 Å². The number of thioether (sulfide) groups is 1. The minimum Gasteiger partial charge on any atom is -0.383 e. The van der Waals surface area contributed by atoms with Gasteiger partial charge < -0.3 is 10.6 Å². The Kier molecular flexibility index (Phi) is 5.06. The van der Waals surface area contributed by atoms with Crippen LogP contribution in [0.25, 0.3) is 0 Å². The average Bonchev–Trinajstić information content (AvgIpc) is 2.53. The summed E-state index contributed by atoms with van der Waals surface area (Å²) in [5.74, 6) is 0.924. The number of nitrogens with zero attached hydrogens (tertiary/aromatic N) is 5. The molecule has 0 aliphatic heterocycles. The predicted octanol–water partition coefficient (Wildman–Crippen LogP) is 2.90. The monoisotopic (exact) mass is 334 g/mol. The summed E-state index contributed by atoms with van der Waals surface area (Å²) in [5.41, 5.74) is 7.03. The highest BCUT2D eigenvalue weighted by atomic mass is 35.5. The lowest BCUT2D eigenvalue weighted by Gasteiger charge is -2.27. The quantitative estimate of drug-likeness (QED) is 0.522. The van der Waals surface area contributed by atoms with Gasteiger partial charge in [-0.15, -0.1) is 0 Å². The Morgan fingerprint density at radius 3 is 2.77 bits per heavy atom. The number of rotatable bonds is 4. The molecule has 2 aromatic rings. The standard InChI is InChI=1S/C14H15ClN6S/c1-8(9-5-4-6-18-12(9)17)21(2)13-10(7-16)11(15)19-14(20-13)22-3/h4-6,8H,1-3H3,(H2,17,18). The molecule has 0 aromatic carbocycles.